The number of thioether (sulfide) groups is 1. The van der Waals surface area contributed by atoms with Gasteiger partial charge in [0.1, 0.15) is 17.7 Å². The lowest BCUT2D eigenvalue weighted by atomic mass is 10.1. The summed E-state index contributed by atoms with van der Waals surface area (Å²) in [6, 6.07) is 7.93. The van der Waals surface area contributed by atoms with Crippen molar-refractivity contribution >= 4 is 17.7 Å². The first kappa shape index (κ1) is 14.0. The maximum absolute atomic E-state index is 11.9. The third-order valence-electron chi connectivity index (χ3n) is 2.97. The number of rotatable bonds is 6. The van der Waals surface area contributed by atoms with Crippen LogP contribution < -0.4 is 4.74 Å². The molecule has 0 spiro atoms. The second kappa shape index (κ2) is 6.66. The van der Waals surface area contributed by atoms with Crippen LogP contribution in [0.25, 0.3) is 0 Å². The summed E-state index contributed by atoms with van der Waals surface area (Å²) in [5, 5.41) is 0.0773. The summed E-state index contributed by atoms with van der Waals surface area (Å²) in [5.74, 6) is 1.62. The molecule has 0 bridgehead atoms. The lowest BCUT2D eigenvalue weighted by molar-refractivity contribution is -0.128. The van der Waals surface area contributed by atoms with Crippen LogP contribution in [0.2, 0.25) is 0 Å². The molecule has 1 fully saturated rings. The molecule has 2 rings (SSSR count). The zero-order valence-electron chi connectivity index (χ0n) is 11.2. The molecule has 102 valence electrons. The van der Waals surface area contributed by atoms with Crippen LogP contribution in [0.4, 0.5) is 0 Å². The Bertz CT molecular complexity index is 461. The van der Waals surface area contributed by atoms with Gasteiger partial charge in [0.2, 0.25) is 5.91 Å². The van der Waals surface area contributed by atoms with E-state index in [2.05, 4.69) is 13.5 Å². The topological polar surface area (TPSA) is 29.5 Å². The van der Waals surface area contributed by atoms with Crippen LogP contribution in [-0.2, 0) is 4.79 Å². The smallest absolute Gasteiger partial charge is 0.233 e. The number of carbonyl (C=O) groups is 1. The normalized spacial score (nSPS) is 18.7. The Labute approximate surface area is 118 Å². The molecular weight excluding hydrogens is 258 g/mol. The summed E-state index contributed by atoms with van der Waals surface area (Å²) < 4.78 is 5.69. The molecule has 1 atom stereocenters. The van der Waals surface area contributed by atoms with Gasteiger partial charge in [-0.2, -0.15) is 0 Å². The maximum atomic E-state index is 11.9. The van der Waals surface area contributed by atoms with E-state index in [9.17, 15) is 4.79 Å². The van der Waals surface area contributed by atoms with Crippen LogP contribution >= 0.6 is 11.8 Å². The average molecular weight is 277 g/mol. The first-order valence-corrected chi connectivity index (χ1v) is 7.56. The van der Waals surface area contributed by atoms with Crippen molar-refractivity contribution in [3.63, 3.8) is 0 Å². The molecule has 1 unspecified atom stereocenters. The molecule has 19 heavy (non-hydrogen) atoms. The Kier molecular flexibility index (Phi) is 4.91. The van der Waals surface area contributed by atoms with E-state index in [-0.39, 0.29) is 11.3 Å². The van der Waals surface area contributed by atoms with Crippen molar-refractivity contribution in [3.05, 3.63) is 42.5 Å². The van der Waals surface area contributed by atoms with Crippen LogP contribution in [0.3, 0.4) is 0 Å². The van der Waals surface area contributed by atoms with Gasteiger partial charge in [-0.15, -0.1) is 11.8 Å². The Balaban J connectivity index is 2.24. The third kappa shape index (κ3) is 3.13. The summed E-state index contributed by atoms with van der Waals surface area (Å²) in [6.07, 6.45) is 2.70. The van der Waals surface area contributed by atoms with E-state index in [4.69, 9.17) is 4.74 Å². The number of carbonyl (C=O) groups excluding carboxylic acids is 1. The molecule has 0 radical (unpaired) electrons. The van der Waals surface area contributed by atoms with Crippen molar-refractivity contribution < 1.29 is 9.53 Å². The standard InChI is InChI=1S/C15H19NO2S/c1-3-9-16-14(17)11-19-15(16)12-7-5-6-8-13(12)18-10-4-2/h4-8,15H,2-3,9-11H2,1H3. The molecule has 4 heteroatoms. The Morgan fingerprint density at radius 3 is 3.05 bits per heavy atom. The lowest BCUT2D eigenvalue weighted by Gasteiger charge is -2.25. The van der Waals surface area contributed by atoms with Crippen LogP contribution in [0.15, 0.2) is 36.9 Å². The van der Waals surface area contributed by atoms with E-state index < -0.39 is 0 Å². The molecule has 0 N–H and O–H groups in total. The molecule has 1 aromatic carbocycles. The first-order valence-electron chi connectivity index (χ1n) is 6.51. The number of ether oxygens (including phenoxy) is 1. The molecule has 1 aliphatic heterocycles. The molecule has 0 saturated carbocycles. The van der Waals surface area contributed by atoms with Crippen molar-refractivity contribution in [2.24, 2.45) is 0 Å². The zero-order chi connectivity index (χ0) is 13.7. The predicted molar refractivity (Wildman–Crippen MR) is 79.3 cm³/mol. The van der Waals surface area contributed by atoms with Gasteiger partial charge in [0.15, 0.2) is 0 Å². The number of hydrogen-bond donors (Lipinski definition) is 0. The predicted octanol–water partition coefficient (Wildman–Crippen LogP) is 3.24. The lowest BCUT2D eigenvalue weighted by Crippen LogP contribution is -2.29. The van der Waals surface area contributed by atoms with Gasteiger partial charge in [0.05, 0.1) is 5.75 Å². The van der Waals surface area contributed by atoms with Crippen molar-refractivity contribution in [1.82, 2.24) is 4.90 Å². The van der Waals surface area contributed by atoms with Gasteiger partial charge >= 0.3 is 0 Å². The quantitative estimate of drug-likeness (QED) is 0.748. The molecule has 0 aromatic heterocycles. The molecule has 1 aliphatic rings. The first-order chi connectivity index (χ1) is 9.27. The van der Waals surface area contributed by atoms with Crippen LogP contribution in [0.5, 0.6) is 5.75 Å². The third-order valence-corrected chi connectivity index (χ3v) is 4.21. The number of benzene rings is 1. The fourth-order valence-corrected chi connectivity index (χ4v) is 3.40. The SMILES string of the molecule is C=CCOc1ccccc1C1SCC(=O)N1CCC. The maximum Gasteiger partial charge on any atom is 0.233 e. The highest BCUT2D eigenvalue weighted by Crippen LogP contribution is 2.42. The highest BCUT2D eigenvalue weighted by atomic mass is 32.2. The second-order valence-corrected chi connectivity index (χ2v) is 5.46. The number of para-hydroxylation sites is 1. The summed E-state index contributed by atoms with van der Waals surface area (Å²) in [4.78, 5) is 13.9. The minimum absolute atomic E-state index is 0.0773. The molecule has 3 nitrogen and oxygen atoms in total. The summed E-state index contributed by atoms with van der Waals surface area (Å²) in [5.41, 5.74) is 1.08. The second-order valence-electron chi connectivity index (χ2n) is 4.39. The van der Waals surface area contributed by atoms with Gasteiger partial charge in [-0.25, -0.2) is 0 Å². The molecular formula is C15H19NO2S. The minimum atomic E-state index is 0.0773. The Morgan fingerprint density at radius 2 is 2.32 bits per heavy atom. The number of nitrogens with zero attached hydrogens (tertiary/aromatic N) is 1. The number of hydrogen-bond acceptors (Lipinski definition) is 3. The van der Waals surface area contributed by atoms with Gasteiger partial charge in [-0.05, 0) is 12.5 Å². The van der Waals surface area contributed by atoms with E-state index >= 15 is 0 Å². The van der Waals surface area contributed by atoms with Crippen molar-refractivity contribution in [2.45, 2.75) is 18.7 Å². The van der Waals surface area contributed by atoms with Crippen LogP contribution in [0, 0.1) is 0 Å². The van der Waals surface area contributed by atoms with Crippen molar-refractivity contribution in [1.29, 1.82) is 0 Å². The van der Waals surface area contributed by atoms with Gasteiger partial charge in [-0.1, -0.05) is 37.8 Å². The van der Waals surface area contributed by atoms with Crippen molar-refractivity contribution in [3.8, 4) is 5.75 Å². The van der Waals surface area contributed by atoms with E-state index in [1.165, 1.54) is 0 Å². The van der Waals surface area contributed by atoms with E-state index in [0.29, 0.717) is 12.4 Å². The van der Waals surface area contributed by atoms with Crippen molar-refractivity contribution in [2.75, 3.05) is 18.9 Å². The van der Waals surface area contributed by atoms with E-state index in [1.54, 1.807) is 17.8 Å². The average Bonchev–Trinajstić information content (AvgIpc) is 2.79. The molecule has 1 aromatic rings. The summed E-state index contributed by atoms with van der Waals surface area (Å²) in [6.45, 7) is 7.04. The molecule has 1 heterocycles. The van der Waals surface area contributed by atoms with Crippen LogP contribution in [0.1, 0.15) is 24.3 Å². The summed E-state index contributed by atoms with van der Waals surface area (Å²) >= 11 is 1.67. The minimum Gasteiger partial charge on any atom is -0.489 e. The number of amides is 1. The van der Waals surface area contributed by atoms with Gasteiger partial charge < -0.3 is 9.64 Å². The zero-order valence-corrected chi connectivity index (χ0v) is 12.0. The summed E-state index contributed by atoms with van der Waals surface area (Å²) in [7, 11) is 0. The molecule has 1 saturated heterocycles. The highest BCUT2D eigenvalue weighted by Gasteiger charge is 2.33. The van der Waals surface area contributed by atoms with Gasteiger partial charge in [0.25, 0.3) is 0 Å². The van der Waals surface area contributed by atoms with Gasteiger partial charge in [-0.3, -0.25) is 4.79 Å². The van der Waals surface area contributed by atoms with Crippen LogP contribution in [-0.4, -0.2) is 29.7 Å². The largest absolute Gasteiger partial charge is 0.489 e. The Hall–Kier alpha value is -1.42. The Morgan fingerprint density at radius 1 is 1.53 bits per heavy atom. The molecule has 0 aliphatic carbocycles. The monoisotopic (exact) mass is 277 g/mol. The van der Waals surface area contributed by atoms with E-state index in [0.717, 1.165) is 24.3 Å². The fourth-order valence-electron chi connectivity index (χ4n) is 2.16. The highest BCUT2D eigenvalue weighted by molar-refractivity contribution is 8.00. The van der Waals surface area contributed by atoms with E-state index in [1.807, 2.05) is 29.2 Å². The molecule has 1 amide bonds. The van der Waals surface area contributed by atoms with Gasteiger partial charge in [0, 0.05) is 12.1 Å². The fraction of sp³-hybridized carbons (Fsp3) is 0.400.